The minimum Gasteiger partial charge on any atom is -0.341 e. The molecule has 0 spiro atoms. The standard InChI is InChI=1S/C19H21N3OS/c1-4-19(12-8-6-5-7-9-12)13-10-20-22-17(13)21-14-11-24-18(2,3)16(23)15(14)19/h5-9,21H,4,10-11H2,1-3H3. The van der Waals surface area contributed by atoms with Crippen molar-refractivity contribution in [2.45, 2.75) is 37.4 Å². The second-order valence-electron chi connectivity index (χ2n) is 6.96. The van der Waals surface area contributed by atoms with Crippen LogP contribution >= 0.6 is 11.8 Å². The van der Waals surface area contributed by atoms with Crippen LogP contribution in [0.3, 0.4) is 0 Å². The van der Waals surface area contributed by atoms with Gasteiger partial charge in [0.2, 0.25) is 0 Å². The van der Waals surface area contributed by atoms with Crippen molar-refractivity contribution in [2.75, 3.05) is 12.3 Å². The van der Waals surface area contributed by atoms with Crippen LogP contribution in [0.5, 0.6) is 0 Å². The Hall–Kier alpha value is -1.88. The molecular formula is C19H21N3OS. The molecule has 3 aliphatic heterocycles. The summed E-state index contributed by atoms with van der Waals surface area (Å²) in [6.07, 6.45) is 0.827. The van der Waals surface area contributed by atoms with E-state index in [0.717, 1.165) is 40.4 Å². The molecule has 1 N–H and O–H groups in total. The number of allylic oxidation sites excluding steroid dienone is 1. The zero-order chi connectivity index (χ0) is 16.9. The Morgan fingerprint density at radius 3 is 2.71 bits per heavy atom. The van der Waals surface area contributed by atoms with Gasteiger partial charge >= 0.3 is 0 Å². The highest BCUT2D eigenvalue weighted by Crippen LogP contribution is 2.53. The molecule has 0 amide bonds. The predicted octanol–water partition coefficient (Wildman–Crippen LogP) is 3.96. The van der Waals surface area contributed by atoms with E-state index in [0.29, 0.717) is 6.54 Å². The summed E-state index contributed by atoms with van der Waals surface area (Å²) < 4.78 is -0.402. The molecule has 3 aliphatic rings. The zero-order valence-electron chi connectivity index (χ0n) is 14.2. The van der Waals surface area contributed by atoms with Gasteiger partial charge in [-0.1, -0.05) is 37.3 Å². The SMILES string of the molecule is CCC1(c2ccccc2)C2=C(N=NC2)NC2=C1C(=O)C(C)(C)SC2. The predicted molar refractivity (Wildman–Crippen MR) is 96.9 cm³/mol. The summed E-state index contributed by atoms with van der Waals surface area (Å²) in [4.78, 5) is 13.4. The van der Waals surface area contributed by atoms with E-state index in [-0.39, 0.29) is 5.78 Å². The van der Waals surface area contributed by atoms with Crippen molar-refractivity contribution < 1.29 is 4.79 Å². The monoisotopic (exact) mass is 339 g/mol. The number of thioether (sulfide) groups is 1. The van der Waals surface area contributed by atoms with Gasteiger partial charge in [0.1, 0.15) is 0 Å². The third kappa shape index (κ3) is 1.97. The number of nitrogens with zero attached hydrogens (tertiary/aromatic N) is 2. The molecule has 1 atom stereocenters. The summed E-state index contributed by atoms with van der Waals surface area (Å²) >= 11 is 1.69. The van der Waals surface area contributed by atoms with Crippen molar-refractivity contribution >= 4 is 17.5 Å². The first-order valence-corrected chi connectivity index (χ1v) is 9.35. The number of dihydropyridines is 1. The van der Waals surface area contributed by atoms with E-state index in [1.807, 2.05) is 32.0 Å². The lowest BCUT2D eigenvalue weighted by molar-refractivity contribution is -0.117. The number of hydrogen-bond donors (Lipinski definition) is 1. The Kier molecular flexibility index (Phi) is 3.46. The second-order valence-corrected chi connectivity index (χ2v) is 8.56. The van der Waals surface area contributed by atoms with Crippen LogP contribution in [-0.4, -0.2) is 22.8 Å². The van der Waals surface area contributed by atoms with Gasteiger partial charge in [-0.25, -0.2) is 0 Å². The highest BCUT2D eigenvalue weighted by Gasteiger charge is 2.52. The van der Waals surface area contributed by atoms with Crippen LogP contribution < -0.4 is 5.32 Å². The van der Waals surface area contributed by atoms with Crippen LogP contribution in [0.15, 0.2) is 63.2 Å². The van der Waals surface area contributed by atoms with Crippen molar-refractivity contribution in [2.24, 2.45) is 10.2 Å². The van der Waals surface area contributed by atoms with E-state index in [1.165, 1.54) is 0 Å². The molecule has 4 nitrogen and oxygen atoms in total. The van der Waals surface area contributed by atoms with Crippen molar-refractivity contribution in [1.29, 1.82) is 0 Å². The Morgan fingerprint density at radius 1 is 1.25 bits per heavy atom. The quantitative estimate of drug-likeness (QED) is 0.887. The number of Topliss-reactive ketones (excluding diaryl/α,β-unsaturated/α-hetero) is 1. The summed E-state index contributed by atoms with van der Waals surface area (Å²) in [5, 5.41) is 12.0. The zero-order valence-corrected chi connectivity index (χ0v) is 15.0. The first kappa shape index (κ1) is 15.6. The normalized spacial score (nSPS) is 27.9. The third-order valence-electron chi connectivity index (χ3n) is 5.35. The van der Waals surface area contributed by atoms with Gasteiger partial charge in [0.15, 0.2) is 11.6 Å². The molecule has 4 rings (SSSR count). The molecule has 0 saturated carbocycles. The van der Waals surface area contributed by atoms with Crippen LogP contribution in [0.4, 0.5) is 0 Å². The van der Waals surface area contributed by atoms with Crippen molar-refractivity contribution in [3.05, 3.63) is 58.6 Å². The maximum absolute atomic E-state index is 13.4. The molecule has 0 radical (unpaired) electrons. The van der Waals surface area contributed by atoms with Gasteiger partial charge in [-0.05, 0) is 25.8 Å². The van der Waals surface area contributed by atoms with Crippen molar-refractivity contribution in [3.63, 3.8) is 0 Å². The molecule has 5 heteroatoms. The Labute approximate surface area is 146 Å². The number of nitrogens with one attached hydrogen (secondary N) is 1. The van der Waals surface area contributed by atoms with Crippen molar-refractivity contribution in [1.82, 2.24) is 5.32 Å². The summed E-state index contributed by atoms with van der Waals surface area (Å²) in [6.45, 7) is 6.78. The number of azo groups is 1. The topological polar surface area (TPSA) is 53.8 Å². The number of carbonyl (C=O) groups is 1. The number of rotatable bonds is 2. The Balaban J connectivity index is 2.00. The van der Waals surface area contributed by atoms with E-state index in [2.05, 4.69) is 34.6 Å². The van der Waals surface area contributed by atoms with Crippen LogP contribution in [0.1, 0.15) is 32.8 Å². The molecule has 124 valence electrons. The first-order valence-electron chi connectivity index (χ1n) is 8.37. The molecule has 1 unspecified atom stereocenters. The van der Waals surface area contributed by atoms with E-state index in [1.54, 1.807) is 11.8 Å². The van der Waals surface area contributed by atoms with Gasteiger partial charge in [-0.15, -0.1) is 16.9 Å². The molecule has 0 fully saturated rings. The molecule has 0 aromatic heterocycles. The molecule has 0 bridgehead atoms. The fraction of sp³-hybridized carbons (Fsp3) is 0.421. The third-order valence-corrected chi connectivity index (χ3v) is 6.69. The minimum atomic E-state index is -0.421. The van der Waals surface area contributed by atoms with Gasteiger partial charge in [0, 0.05) is 22.6 Å². The van der Waals surface area contributed by atoms with Gasteiger partial charge in [0.25, 0.3) is 0 Å². The number of hydrogen-bond acceptors (Lipinski definition) is 5. The maximum atomic E-state index is 13.4. The average molecular weight is 339 g/mol. The second kappa shape index (κ2) is 5.31. The summed E-state index contributed by atoms with van der Waals surface area (Å²) in [6, 6.07) is 10.4. The lowest BCUT2D eigenvalue weighted by atomic mass is 9.62. The molecule has 0 saturated heterocycles. The largest absolute Gasteiger partial charge is 0.341 e. The lowest BCUT2D eigenvalue weighted by Gasteiger charge is -2.45. The maximum Gasteiger partial charge on any atom is 0.177 e. The van der Waals surface area contributed by atoms with Gasteiger partial charge in [-0.3, -0.25) is 4.79 Å². The fourth-order valence-corrected chi connectivity index (χ4v) is 5.01. The van der Waals surface area contributed by atoms with E-state index in [4.69, 9.17) is 0 Å². The molecule has 3 heterocycles. The van der Waals surface area contributed by atoms with E-state index < -0.39 is 10.2 Å². The highest BCUT2D eigenvalue weighted by atomic mass is 32.2. The molecule has 1 aromatic carbocycles. The van der Waals surface area contributed by atoms with E-state index in [9.17, 15) is 4.79 Å². The van der Waals surface area contributed by atoms with E-state index >= 15 is 0 Å². The number of ketones is 1. The molecule has 0 aliphatic carbocycles. The van der Waals surface area contributed by atoms with Gasteiger partial charge < -0.3 is 5.32 Å². The molecular weight excluding hydrogens is 318 g/mol. The molecule has 1 aromatic rings. The number of benzene rings is 1. The Bertz CT molecular complexity index is 807. The van der Waals surface area contributed by atoms with Crippen LogP contribution in [-0.2, 0) is 10.2 Å². The van der Waals surface area contributed by atoms with Crippen LogP contribution in [0, 0.1) is 0 Å². The minimum absolute atomic E-state index is 0.227. The van der Waals surface area contributed by atoms with Gasteiger partial charge in [0.05, 0.1) is 16.7 Å². The van der Waals surface area contributed by atoms with Crippen LogP contribution in [0.2, 0.25) is 0 Å². The summed E-state index contributed by atoms with van der Waals surface area (Å²) in [7, 11) is 0. The average Bonchev–Trinajstić information content (AvgIpc) is 3.06. The fourth-order valence-electron chi connectivity index (χ4n) is 4.06. The van der Waals surface area contributed by atoms with Crippen molar-refractivity contribution in [3.8, 4) is 0 Å². The summed E-state index contributed by atoms with van der Waals surface area (Å²) in [5.74, 6) is 1.87. The lowest BCUT2D eigenvalue weighted by Crippen LogP contribution is -2.49. The van der Waals surface area contributed by atoms with Gasteiger partial charge in [-0.2, -0.15) is 5.11 Å². The summed E-state index contributed by atoms with van der Waals surface area (Å²) in [5.41, 5.74) is 3.81. The van der Waals surface area contributed by atoms with Crippen LogP contribution in [0.25, 0.3) is 0 Å². The number of carbonyl (C=O) groups excluding carboxylic acids is 1. The highest BCUT2D eigenvalue weighted by molar-refractivity contribution is 8.01. The smallest absolute Gasteiger partial charge is 0.177 e. The molecule has 24 heavy (non-hydrogen) atoms. The Morgan fingerprint density at radius 2 is 2.00 bits per heavy atom. The first-order chi connectivity index (χ1) is 11.5.